The van der Waals surface area contributed by atoms with Crippen molar-refractivity contribution < 1.29 is 14.3 Å². The summed E-state index contributed by atoms with van der Waals surface area (Å²) >= 11 is 1.63. The van der Waals surface area contributed by atoms with Crippen molar-refractivity contribution in [1.29, 1.82) is 0 Å². The zero-order chi connectivity index (χ0) is 22.5. The highest BCUT2D eigenvalue weighted by molar-refractivity contribution is 7.99. The summed E-state index contributed by atoms with van der Waals surface area (Å²) in [6.45, 7) is 8.15. The first-order chi connectivity index (χ1) is 15.5. The molecule has 1 aliphatic rings. The van der Waals surface area contributed by atoms with Crippen LogP contribution in [0.3, 0.4) is 0 Å². The van der Waals surface area contributed by atoms with Crippen LogP contribution in [0.4, 0.5) is 5.82 Å². The van der Waals surface area contributed by atoms with Crippen LogP contribution in [0.25, 0.3) is 11.0 Å². The lowest BCUT2D eigenvalue weighted by atomic mass is 10.2. The predicted octanol–water partition coefficient (Wildman–Crippen LogP) is 2.60. The van der Waals surface area contributed by atoms with Gasteiger partial charge in [-0.15, -0.1) is 0 Å². The van der Waals surface area contributed by atoms with E-state index in [0.29, 0.717) is 37.1 Å². The van der Waals surface area contributed by atoms with E-state index in [1.165, 1.54) is 0 Å². The second-order valence-electron chi connectivity index (χ2n) is 7.69. The van der Waals surface area contributed by atoms with Gasteiger partial charge in [-0.3, -0.25) is 4.79 Å². The predicted molar refractivity (Wildman–Crippen MR) is 125 cm³/mol. The van der Waals surface area contributed by atoms with Crippen LogP contribution in [0.2, 0.25) is 0 Å². The van der Waals surface area contributed by atoms with Crippen LogP contribution >= 0.6 is 11.8 Å². The van der Waals surface area contributed by atoms with Crippen LogP contribution in [-0.4, -0.2) is 70.9 Å². The summed E-state index contributed by atoms with van der Waals surface area (Å²) in [5.74, 6) is 1.48. The first kappa shape index (κ1) is 22.3. The average Bonchev–Trinajstić information content (AvgIpc) is 3.21. The van der Waals surface area contributed by atoms with Crippen molar-refractivity contribution in [3.05, 3.63) is 36.0 Å². The van der Waals surface area contributed by atoms with Gasteiger partial charge in [0.15, 0.2) is 10.8 Å². The number of fused-ring (bicyclic) bond motifs is 1. The van der Waals surface area contributed by atoms with Gasteiger partial charge in [-0.2, -0.15) is 5.10 Å². The molecule has 170 valence electrons. The first-order valence-corrected chi connectivity index (χ1v) is 11.6. The van der Waals surface area contributed by atoms with E-state index in [0.717, 1.165) is 40.8 Å². The van der Waals surface area contributed by atoms with Gasteiger partial charge in [-0.1, -0.05) is 25.6 Å². The van der Waals surface area contributed by atoms with E-state index >= 15 is 0 Å². The minimum atomic E-state index is -0.135. The average molecular weight is 457 g/mol. The maximum atomic E-state index is 12.4. The summed E-state index contributed by atoms with van der Waals surface area (Å²) in [4.78, 5) is 24.3. The maximum Gasteiger partial charge on any atom is 0.251 e. The molecule has 32 heavy (non-hydrogen) atoms. The third kappa shape index (κ3) is 5.13. The van der Waals surface area contributed by atoms with E-state index in [1.54, 1.807) is 43.1 Å². The summed E-state index contributed by atoms with van der Waals surface area (Å²) in [7, 11) is 1.60. The van der Waals surface area contributed by atoms with E-state index in [2.05, 4.69) is 29.2 Å². The van der Waals surface area contributed by atoms with Crippen molar-refractivity contribution in [3.63, 3.8) is 0 Å². The SMILES string of the molecule is COc1ccc(C(=O)NCCn2ncc3c(N4CCOCC4)nc(SC(C)C)nc32)cc1. The summed E-state index contributed by atoms with van der Waals surface area (Å²) in [6, 6.07) is 7.03. The number of ether oxygens (including phenoxy) is 2. The lowest BCUT2D eigenvalue weighted by molar-refractivity contribution is 0.0952. The molecule has 1 aromatic carbocycles. The van der Waals surface area contributed by atoms with Gasteiger partial charge in [0.2, 0.25) is 0 Å². The molecule has 1 amide bonds. The Morgan fingerprint density at radius 3 is 2.66 bits per heavy atom. The van der Waals surface area contributed by atoms with Crippen LogP contribution in [0.5, 0.6) is 5.75 Å². The Bertz CT molecular complexity index is 1060. The molecule has 0 unspecified atom stereocenters. The van der Waals surface area contributed by atoms with Gasteiger partial charge in [-0.25, -0.2) is 14.6 Å². The number of carbonyl (C=O) groups excluding carboxylic acids is 1. The molecule has 0 radical (unpaired) electrons. The molecule has 3 aromatic rings. The second-order valence-corrected chi connectivity index (χ2v) is 9.23. The Hall–Kier alpha value is -2.85. The Labute approximate surface area is 191 Å². The standard InChI is InChI=1S/C22H28N6O3S/c1-15(2)32-22-25-19(27-10-12-31-13-11-27)18-14-24-28(20(18)26-22)9-8-23-21(29)16-4-6-17(30-3)7-5-16/h4-7,14-15H,8-13H2,1-3H3,(H,23,29). The monoisotopic (exact) mass is 456 g/mol. The van der Waals surface area contributed by atoms with Crippen LogP contribution in [0, 0.1) is 0 Å². The second kappa shape index (κ2) is 10.2. The van der Waals surface area contributed by atoms with Crippen molar-refractivity contribution >= 4 is 34.5 Å². The Morgan fingerprint density at radius 1 is 1.22 bits per heavy atom. The van der Waals surface area contributed by atoms with E-state index in [-0.39, 0.29) is 5.91 Å². The zero-order valence-electron chi connectivity index (χ0n) is 18.6. The van der Waals surface area contributed by atoms with Gasteiger partial charge in [0.25, 0.3) is 5.91 Å². The molecule has 1 aliphatic heterocycles. The Balaban J connectivity index is 1.51. The number of thioether (sulfide) groups is 1. The normalized spacial score (nSPS) is 14.2. The molecule has 3 heterocycles. The first-order valence-electron chi connectivity index (χ1n) is 10.7. The number of aromatic nitrogens is 4. The number of carbonyl (C=O) groups is 1. The van der Waals surface area contributed by atoms with Crippen molar-refractivity contribution in [3.8, 4) is 5.75 Å². The van der Waals surface area contributed by atoms with Crippen LogP contribution in [-0.2, 0) is 11.3 Å². The number of morpholine rings is 1. The molecule has 1 saturated heterocycles. The largest absolute Gasteiger partial charge is 0.497 e. The summed E-state index contributed by atoms with van der Waals surface area (Å²) < 4.78 is 12.5. The Kier molecular flexibility index (Phi) is 7.11. The van der Waals surface area contributed by atoms with Crippen LogP contribution < -0.4 is 15.0 Å². The third-order valence-electron chi connectivity index (χ3n) is 5.07. The number of hydrogen-bond donors (Lipinski definition) is 1. The molecule has 4 rings (SSSR count). The molecular formula is C22H28N6O3S. The van der Waals surface area contributed by atoms with Crippen molar-refractivity contribution in [2.75, 3.05) is 44.9 Å². The van der Waals surface area contributed by atoms with Crippen LogP contribution in [0.1, 0.15) is 24.2 Å². The minimum Gasteiger partial charge on any atom is -0.497 e. The number of anilines is 1. The van der Waals surface area contributed by atoms with E-state index in [1.807, 2.05) is 10.9 Å². The van der Waals surface area contributed by atoms with Gasteiger partial charge in [0.1, 0.15) is 11.6 Å². The quantitative estimate of drug-likeness (QED) is 0.408. The molecule has 2 aromatic heterocycles. The number of rotatable bonds is 8. The van der Waals surface area contributed by atoms with E-state index < -0.39 is 0 Å². The van der Waals surface area contributed by atoms with Crippen LogP contribution in [0.15, 0.2) is 35.6 Å². The van der Waals surface area contributed by atoms with Crippen molar-refractivity contribution in [2.45, 2.75) is 30.8 Å². The lowest BCUT2D eigenvalue weighted by Crippen LogP contribution is -2.37. The molecule has 1 N–H and O–H groups in total. The third-order valence-corrected chi connectivity index (χ3v) is 5.93. The number of nitrogens with one attached hydrogen (secondary N) is 1. The summed E-state index contributed by atoms with van der Waals surface area (Å²) in [5, 5.41) is 9.51. The fourth-order valence-electron chi connectivity index (χ4n) is 3.48. The molecule has 0 bridgehead atoms. The molecule has 10 heteroatoms. The lowest BCUT2D eigenvalue weighted by Gasteiger charge is -2.28. The zero-order valence-corrected chi connectivity index (χ0v) is 19.4. The number of methoxy groups -OCH3 is 1. The van der Waals surface area contributed by atoms with Crippen molar-refractivity contribution in [2.24, 2.45) is 0 Å². The number of nitrogens with zero attached hydrogens (tertiary/aromatic N) is 5. The fraction of sp³-hybridized carbons (Fsp3) is 0.455. The van der Waals surface area contributed by atoms with Gasteiger partial charge in [0, 0.05) is 30.4 Å². The van der Waals surface area contributed by atoms with E-state index in [9.17, 15) is 4.79 Å². The maximum absolute atomic E-state index is 12.4. The molecule has 0 atom stereocenters. The van der Waals surface area contributed by atoms with Gasteiger partial charge in [0.05, 0.1) is 38.5 Å². The number of hydrogen-bond acceptors (Lipinski definition) is 8. The summed E-state index contributed by atoms with van der Waals surface area (Å²) in [5.41, 5.74) is 1.37. The molecule has 9 nitrogen and oxygen atoms in total. The highest BCUT2D eigenvalue weighted by Gasteiger charge is 2.20. The molecule has 0 saturated carbocycles. The van der Waals surface area contributed by atoms with Gasteiger partial charge < -0.3 is 19.7 Å². The molecule has 0 spiro atoms. The molecule has 0 aliphatic carbocycles. The van der Waals surface area contributed by atoms with E-state index in [4.69, 9.17) is 19.4 Å². The number of amides is 1. The highest BCUT2D eigenvalue weighted by Crippen LogP contribution is 2.29. The minimum absolute atomic E-state index is 0.135. The smallest absolute Gasteiger partial charge is 0.251 e. The highest BCUT2D eigenvalue weighted by atomic mass is 32.2. The fourth-order valence-corrected chi connectivity index (χ4v) is 4.18. The van der Waals surface area contributed by atoms with Gasteiger partial charge in [-0.05, 0) is 24.3 Å². The summed E-state index contributed by atoms with van der Waals surface area (Å²) in [6.07, 6.45) is 1.81. The molecular weight excluding hydrogens is 428 g/mol. The molecule has 1 fully saturated rings. The number of benzene rings is 1. The topological polar surface area (TPSA) is 94.4 Å². The Morgan fingerprint density at radius 2 is 1.97 bits per heavy atom. The van der Waals surface area contributed by atoms with Crippen molar-refractivity contribution in [1.82, 2.24) is 25.1 Å². The van der Waals surface area contributed by atoms with Gasteiger partial charge >= 0.3 is 0 Å².